The zero-order valence-corrected chi connectivity index (χ0v) is 19.4. The molecule has 2 N–H and O–H groups in total. The fraction of sp³-hybridized carbons (Fsp3) is 0.600. The van der Waals surface area contributed by atoms with Gasteiger partial charge in [0.05, 0.1) is 26.4 Å². The largest absolute Gasteiger partial charge is 0.382 e. The standard InChI is InChI=1S/C20H32N4O3.HI/c1-4-22-20(24-10-9-17(14-24)15-27-12-11-26-3)23-13-16-5-7-18(8-6-16)19(25)21-2;/h5-8,17H,4,9-15H2,1-3H3,(H,21,25)(H,22,23);1H. The monoisotopic (exact) mass is 504 g/mol. The first-order valence-electron chi connectivity index (χ1n) is 9.58. The number of carbonyl (C=O) groups excluding carboxylic acids is 1. The number of ether oxygens (including phenoxy) is 2. The Morgan fingerprint density at radius 3 is 2.68 bits per heavy atom. The molecule has 0 aromatic heterocycles. The number of carbonyl (C=O) groups is 1. The van der Waals surface area contributed by atoms with Gasteiger partial charge in [0, 0.05) is 45.3 Å². The zero-order valence-electron chi connectivity index (χ0n) is 17.1. The SMILES string of the molecule is CCNC(=NCc1ccc(C(=O)NC)cc1)N1CCC(COCCOC)C1.I. The summed E-state index contributed by atoms with van der Waals surface area (Å²) in [6.45, 7) is 7.48. The number of hydrogen-bond acceptors (Lipinski definition) is 4. The average Bonchev–Trinajstić information content (AvgIpc) is 3.17. The van der Waals surface area contributed by atoms with Gasteiger partial charge in [0.1, 0.15) is 0 Å². The smallest absolute Gasteiger partial charge is 0.251 e. The first-order valence-corrected chi connectivity index (χ1v) is 9.58. The van der Waals surface area contributed by atoms with E-state index in [1.54, 1.807) is 14.2 Å². The average molecular weight is 504 g/mol. The number of hydrogen-bond donors (Lipinski definition) is 2. The normalized spacial score (nSPS) is 16.6. The van der Waals surface area contributed by atoms with Crippen LogP contribution in [0.2, 0.25) is 0 Å². The molecule has 0 saturated carbocycles. The van der Waals surface area contributed by atoms with Crippen LogP contribution in [0.1, 0.15) is 29.3 Å². The fourth-order valence-electron chi connectivity index (χ4n) is 3.05. The highest BCUT2D eigenvalue weighted by Crippen LogP contribution is 2.17. The summed E-state index contributed by atoms with van der Waals surface area (Å²) in [5.74, 6) is 1.39. The second kappa shape index (κ2) is 13.7. The molecular weight excluding hydrogens is 471 g/mol. The van der Waals surface area contributed by atoms with E-state index in [0.29, 0.717) is 31.2 Å². The van der Waals surface area contributed by atoms with Crippen LogP contribution in [-0.4, -0.2) is 70.4 Å². The molecule has 7 nitrogen and oxygen atoms in total. The number of halogens is 1. The van der Waals surface area contributed by atoms with E-state index >= 15 is 0 Å². The predicted octanol–water partition coefficient (Wildman–Crippen LogP) is 2.11. The van der Waals surface area contributed by atoms with Crippen LogP contribution in [0.5, 0.6) is 0 Å². The number of aliphatic imine (C=N–C) groups is 1. The minimum Gasteiger partial charge on any atom is -0.382 e. The highest BCUT2D eigenvalue weighted by atomic mass is 127. The van der Waals surface area contributed by atoms with E-state index in [2.05, 4.69) is 22.5 Å². The van der Waals surface area contributed by atoms with E-state index in [9.17, 15) is 4.79 Å². The van der Waals surface area contributed by atoms with Crippen LogP contribution in [0.4, 0.5) is 0 Å². The number of rotatable bonds is 9. The number of nitrogens with zero attached hydrogens (tertiary/aromatic N) is 2. The van der Waals surface area contributed by atoms with Gasteiger partial charge >= 0.3 is 0 Å². The van der Waals surface area contributed by atoms with Crippen LogP contribution in [0.25, 0.3) is 0 Å². The van der Waals surface area contributed by atoms with E-state index < -0.39 is 0 Å². The van der Waals surface area contributed by atoms with Crippen LogP contribution in [0.15, 0.2) is 29.3 Å². The summed E-state index contributed by atoms with van der Waals surface area (Å²) in [5, 5.41) is 6.01. The van der Waals surface area contributed by atoms with Crippen molar-refractivity contribution in [3.8, 4) is 0 Å². The molecule has 0 radical (unpaired) electrons. The third-order valence-electron chi connectivity index (χ3n) is 4.56. The van der Waals surface area contributed by atoms with Crippen LogP contribution in [0.3, 0.4) is 0 Å². The summed E-state index contributed by atoms with van der Waals surface area (Å²) in [4.78, 5) is 18.7. The van der Waals surface area contributed by atoms with E-state index in [0.717, 1.165) is 44.2 Å². The molecule has 1 atom stereocenters. The van der Waals surface area contributed by atoms with Crippen molar-refractivity contribution in [3.05, 3.63) is 35.4 Å². The van der Waals surface area contributed by atoms with Crippen molar-refractivity contribution < 1.29 is 14.3 Å². The number of benzene rings is 1. The highest BCUT2D eigenvalue weighted by molar-refractivity contribution is 14.0. The molecule has 1 fully saturated rings. The summed E-state index contributed by atoms with van der Waals surface area (Å²) >= 11 is 0. The lowest BCUT2D eigenvalue weighted by Crippen LogP contribution is -2.40. The molecule has 8 heteroatoms. The number of guanidine groups is 1. The molecule has 1 aromatic carbocycles. The quantitative estimate of drug-likeness (QED) is 0.233. The van der Waals surface area contributed by atoms with Gasteiger partial charge in [-0.05, 0) is 31.0 Å². The minimum absolute atomic E-state index is 0. The Balaban J connectivity index is 0.00000392. The van der Waals surface area contributed by atoms with Crippen molar-refractivity contribution in [1.29, 1.82) is 0 Å². The molecule has 1 amide bonds. The predicted molar refractivity (Wildman–Crippen MR) is 122 cm³/mol. The first-order chi connectivity index (χ1) is 13.2. The van der Waals surface area contributed by atoms with E-state index in [4.69, 9.17) is 14.5 Å². The summed E-state index contributed by atoms with van der Waals surface area (Å²) in [5.41, 5.74) is 1.74. The Kier molecular flexibility index (Phi) is 12.1. The van der Waals surface area contributed by atoms with Gasteiger partial charge in [0.2, 0.25) is 0 Å². The van der Waals surface area contributed by atoms with Crippen LogP contribution in [-0.2, 0) is 16.0 Å². The third kappa shape index (κ3) is 7.92. The first kappa shape index (κ1) is 24.6. The molecule has 158 valence electrons. The molecule has 1 aliphatic rings. The number of methoxy groups -OCH3 is 1. The van der Waals surface area contributed by atoms with E-state index in [1.165, 1.54) is 0 Å². The summed E-state index contributed by atoms with van der Waals surface area (Å²) in [6, 6.07) is 7.57. The minimum atomic E-state index is -0.0748. The van der Waals surface area contributed by atoms with Gasteiger partial charge in [-0.15, -0.1) is 24.0 Å². The molecule has 28 heavy (non-hydrogen) atoms. The fourth-order valence-corrected chi connectivity index (χ4v) is 3.05. The maximum atomic E-state index is 11.6. The van der Waals surface area contributed by atoms with Crippen molar-refractivity contribution in [2.45, 2.75) is 19.9 Å². The number of nitrogens with one attached hydrogen (secondary N) is 2. The van der Waals surface area contributed by atoms with Crippen molar-refractivity contribution in [2.24, 2.45) is 10.9 Å². The van der Waals surface area contributed by atoms with Crippen molar-refractivity contribution in [2.75, 3.05) is 53.6 Å². The Morgan fingerprint density at radius 1 is 1.29 bits per heavy atom. The van der Waals surface area contributed by atoms with Gasteiger partial charge in [-0.25, -0.2) is 4.99 Å². The van der Waals surface area contributed by atoms with Gasteiger partial charge < -0.3 is 25.0 Å². The summed E-state index contributed by atoms with van der Waals surface area (Å²) in [7, 11) is 3.32. The van der Waals surface area contributed by atoms with Gasteiger partial charge in [-0.1, -0.05) is 12.1 Å². The maximum absolute atomic E-state index is 11.6. The lowest BCUT2D eigenvalue weighted by Gasteiger charge is -2.21. The van der Waals surface area contributed by atoms with Gasteiger partial charge in [0.25, 0.3) is 5.91 Å². The van der Waals surface area contributed by atoms with Gasteiger partial charge in [0.15, 0.2) is 5.96 Å². The Labute approximate surface area is 185 Å². The third-order valence-corrected chi connectivity index (χ3v) is 4.56. The molecule has 0 spiro atoms. The second-order valence-electron chi connectivity index (χ2n) is 6.61. The second-order valence-corrected chi connectivity index (χ2v) is 6.61. The van der Waals surface area contributed by atoms with Gasteiger partial charge in [-0.2, -0.15) is 0 Å². The van der Waals surface area contributed by atoms with Gasteiger partial charge in [-0.3, -0.25) is 4.79 Å². The van der Waals surface area contributed by atoms with Crippen molar-refractivity contribution in [1.82, 2.24) is 15.5 Å². The molecule has 1 heterocycles. The van der Waals surface area contributed by atoms with Crippen molar-refractivity contribution >= 4 is 35.8 Å². The van der Waals surface area contributed by atoms with E-state index in [-0.39, 0.29) is 29.9 Å². The zero-order chi connectivity index (χ0) is 19.5. The molecular formula is C20H33IN4O3. The Morgan fingerprint density at radius 2 is 2.04 bits per heavy atom. The lowest BCUT2D eigenvalue weighted by molar-refractivity contribution is 0.0536. The molecule has 1 unspecified atom stereocenters. The topological polar surface area (TPSA) is 75.2 Å². The summed E-state index contributed by atoms with van der Waals surface area (Å²) < 4.78 is 10.7. The molecule has 1 saturated heterocycles. The van der Waals surface area contributed by atoms with Crippen LogP contribution < -0.4 is 10.6 Å². The highest BCUT2D eigenvalue weighted by Gasteiger charge is 2.24. The van der Waals surface area contributed by atoms with Crippen LogP contribution in [0, 0.1) is 5.92 Å². The molecule has 2 rings (SSSR count). The Hall–Kier alpha value is -1.39. The summed E-state index contributed by atoms with van der Waals surface area (Å²) in [6.07, 6.45) is 1.11. The molecule has 1 aromatic rings. The molecule has 1 aliphatic heterocycles. The van der Waals surface area contributed by atoms with Crippen LogP contribution >= 0.6 is 24.0 Å². The van der Waals surface area contributed by atoms with E-state index in [1.807, 2.05) is 24.3 Å². The maximum Gasteiger partial charge on any atom is 0.251 e. The number of likely N-dealkylation sites (tertiary alicyclic amines) is 1. The van der Waals surface area contributed by atoms with Crippen molar-refractivity contribution in [3.63, 3.8) is 0 Å². The number of amides is 1. The Bertz CT molecular complexity index is 610. The molecule has 0 bridgehead atoms. The lowest BCUT2D eigenvalue weighted by atomic mass is 10.1. The molecule has 0 aliphatic carbocycles.